The first-order chi connectivity index (χ1) is 14.9. The van der Waals surface area contributed by atoms with Gasteiger partial charge in [-0.15, -0.1) is 0 Å². The second-order valence-electron chi connectivity index (χ2n) is 7.40. The van der Waals surface area contributed by atoms with Crippen molar-refractivity contribution in [2.24, 2.45) is 0 Å². The molecule has 0 aliphatic carbocycles. The predicted octanol–water partition coefficient (Wildman–Crippen LogP) is 3.25. The third-order valence-electron chi connectivity index (χ3n) is 5.19. The summed E-state index contributed by atoms with van der Waals surface area (Å²) < 4.78 is 101. The minimum atomic E-state index is -5.14. The van der Waals surface area contributed by atoms with Gasteiger partial charge in [0, 0.05) is 25.1 Å². The summed E-state index contributed by atoms with van der Waals surface area (Å²) in [5.74, 6) is -1.24. The number of aryl methyl sites for hydroxylation is 1. The smallest absolute Gasteiger partial charge is 0.315 e. The molecule has 1 heterocycles. The van der Waals surface area contributed by atoms with Gasteiger partial charge in [0.15, 0.2) is 14.6 Å². The maximum atomic E-state index is 13.4. The van der Waals surface area contributed by atoms with Crippen LogP contribution in [-0.4, -0.2) is 35.1 Å². The van der Waals surface area contributed by atoms with Gasteiger partial charge in [-0.05, 0) is 42.7 Å². The predicted molar refractivity (Wildman–Crippen MR) is 104 cm³/mol. The molecule has 0 aliphatic rings. The summed E-state index contributed by atoms with van der Waals surface area (Å²) in [6.45, 7) is 0.653. The van der Waals surface area contributed by atoms with Crippen LogP contribution in [0.2, 0.25) is 0 Å². The molecule has 1 aromatic heterocycles. The average Bonchev–Trinajstić information content (AvgIpc) is 2.69. The number of hydrogen-bond donors (Lipinski definition) is 2. The van der Waals surface area contributed by atoms with Gasteiger partial charge in [-0.25, -0.2) is 13.9 Å². The molecule has 1 unspecified atom stereocenters. The maximum absolute atomic E-state index is 13.4. The van der Waals surface area contributed by atoms with Crippen LogP contribution in [-0.2, 0) is 33.5 Å². The standard InChI is InChI=1S/C19H18F6N2O5S/c1-17(16(29)26-30,33(2,31)32)6-8-27-7-5-11(9-15(27)28)13-4-3-12(18(20,21)22)10-14(13)19(23,24)25/h3-5,7,9-10,30H,6,8H2,1-2H3,(H,26,29). The molecule has 14 heteroatoms. The molecule has 7 nitrogen and oxygen atoms in total. The number of sulfone groups is 1. The van der Waals surface area contributed by atoms with E-state index >= 15 is 0 Å². The fourth-order valence-electron chi connectivity index (χ4n) is 2.99. The summed E-state index contributed by atoms with van der Waals surface area (Å²) in [5.41, 5.74) is -3.70. The summed E-state index contributed by atoms with van der Waals surface area (Å²) in [5, 5.41) is 8.81. The molecule has 0 aliphatic heterocycles. The summed E-state index contributed by atoms with van der Waals surface area (Å²) in [6, 6.07) is 2.81. The lowest BCUT2D eigenvalue weighted by atomic mass is 9.97. The van der Waals surface area contributed by atoms with E-state index in [1.165, 1.54) is 5.48 Å². The summed E-state index contributed by atoms with van der Waals surface area (Å²) in [4.78, 5) is 24.2. The van der Waals surface area contributed by atoms with Gasteiger partial charge in [0.25, 0.3) is 11.5 Å². The zero-order valence-corrected chi connectivity index (χ0v) is 17.9. The highest BCUT2D eigenvalue weighted by Gasteiger charge is 2.43. The third-order valence-corrected chi connectivity index (χ3v) is 7.22. The topological polar surface area (TPSA) is 105 Å². The van der Waals surface area contributed by atoms with Crippen LogP contribution in [0.5, 0.6) is 0 Å². The Balaban J connectivity index is 2.46. The first kappa shape index (κ1) is 26.4. The monoisotopic (exact) mass is 500 g/mol. The van der Waals surface area contributed by atoms with Gasteiger partial charge in [-0.1, -0.05) is 6.07 Å². The van der Waals surface area contributed by atoms with Crippen molar-refractivity contribution in [3.05, 3.63) is 58.0 Å². The van der Waals surface area contributed by atoms with Crippen molar-refractivity contribution in [1.29, 1.82) is 0 Å². The fraction of sp³-hybridized carbons (Fsp3) is 0.368. The minimum absolute atomic E-state index is 0.0497. The van der Waals surface area contributed by atoms with Crippen molar-refractivity contribution >= 4 is 15.7 Å². The average molecular weight is 500 g/mol. The second-order valence-corrected chi connectivity index (χ2v) is 9.84. The van der Waals surface area contributed by atoms with E-state index < -0.39 is 61.5 Å². The first-order valence-corrected chi connectivity index (χ1v) is 10.9. The lowest BCUT2D eigenvalue weighted by Crippen LogP contribution is -2.49. The van der Waals surface area contributed by atoms with Gasteiger partial charge < -0.3 is 4.57 Å². The van der Waals surface area contributed by atoms with E-state index in [0.717, 1.165) is 36.1 Å². The number of rotatable bonds is 6. The van der Waals surface area contributed by atoms with Gasteiger partial charge in [-0.2, -0.15) is 26.3 Å². The quantitative estimate of drug-likeness (QED) is 0.360. The van der Waals surface area contributed by atoms with Crippen LogP contribution >= 0.6 is 0 Å². The SMILES string of the molecule is CC(CCn1ccc(-c2ccc(C(F)(F)F)cc2C(F)(F)F)cc1=O)(C(=O)NO)S(C)(=O)=O. The van der Waals surface area contributed by atoms with Crippen molar-refractivity contribution in [3.8, 4) is 11.1 Å². The Kier molecular flexibility index (Phi) is 7.05. The summed E-state index contributed by atoms with van der Waals surface area (Å²) in [7, 11) is -4.05. The molecule has 1 amide bonds. The number of hydrogen-bond acceptors (Lipinski definition) is 5. The second kappa shape index (κ2) is 8.82. The number of halogens is 6. The third kappa shape index (κ3) is 5.55. The molecule has 0 saturated heterocycles. The van der Waals surface area contributed by atoms with E-state index in [2.05, 4.69) is 0 Å². The van der Waals surface area contributed by atoms with Crippen molar-refractivity contribution in [3.63, 3.8) is 0 Å². The normalized spacial score (nSPS) is 14.6. The molecule has 2 aromatic rings. The van der Waals surface area contributed by atoms with Gasteiger partial charge >= 0.3 is 12.4 Å². The molecule has 1 atom stereocenters. The molecule has 2 rings (SSSR count). The van der Waals surface area contributed by atoms with Gasteiger partial charge in [0.2, 0.25) is 0 Å². The Morgan fingerprint density at radius 1 is 1.06 bits per heavy atom. The molecule has 182 valence electrons. The molecular weight excluding hydrogens is 482 g/mol. The zero-order valence-electron chi connectivity index (χ0n) is 17.1. The van der Waals surface area contributed by atoms with E-state index in [4.69, 9.17) is 5.21 Å². The van der Waals surface area contributed by atoms with Gasteiger partial charge in [0.1, 0.15) is 0 Å². The number of aromatic nitrogens is 1. The first-order valence-electron chi connectivity index (χ1n) is 9.05. The van der Waals surface area contributed by atoms with Gasteiger partial charge in [-0.3, -0.25) is 14.8 Å². The van der Waals surface area contributed by atoms with Crippen LogP contribution < -0.4 is 11.0 Å². The molecule has 33 heavy (non-hydrogen) atoms. The molecule has 0 bridgehead atoms. The van der Waals surface area contributed by atoms with Crippen LogP contribution in [0.4, 0.5) is 26.3 Å². The number of carbonyl (C=O) groups excluding carboxylic acids is 1. The highest BCUT2D eigenvalue weighted by atomic mass is 32.2. The van der Waals surface area contributed by atoms with Crippen LogP contribution in [0, 0.1) is 0 Å². The van der Waals surface area contributed by atoms with Crippen molar-refractivity contribution in [2.45, 2.75) is 37.0 Å². The number of carbonyl (C=O) groups is 1. The van der Waals surface area contributed by atoms with E-state index in [1.54, 1.807) is 0 Å². The Bertz CT molecular complexity index is 1220. The number of benzene rings is 1. The van der Waals surface area contributed by atoms with Crippen molar-refractivity contribution in [2.75, 3.05) is 6.26 Å². The Morgan fingerprint density at radius 3 is 2.12 bits per heavy atom. The number of alkyl halides is 6. The lowest BCUT2D eigenvalue weighted by Gasteiger charge is -2.25. The number of amides is 1. The highest BCUT2D eigenvalue weighted by Crippen LogP contribution is 2.40. The number of nitrogens with one attached hydrogen (secondary N) is 1. The summed E-state index contributed by atoms with van der Waals surface area (Å²) >= 11 is 0. The molecule has 0 spiro atoms. The lowest BCUT2D eigenvalue weighted by molar-refractivity contribution is -0.142. The van der Waals surface area contributed by atoms with Crippen molar-refractivity contribution < 1.29 is 44.8 Å². The highest BCUT2D eigenvalue weighted by molar-refractivity contribution is 7.92. The zero-order chi connectivity index (χ0) is 25.4. The van der Waals surface area contributed by atoms with Crippen LogP contribution in [0.25, 0.3) is 11.1 Å². The minimum Gasteiger partial charge on any atom is -0.315 e. The number of pyridine rings is 1. The van der Waals surface area contributed by atoms with Crippen LogP contribution in [0.1, 0.15) is 24.5 Å². The van der Waals surface area contributed by atoms with Gasteiger partial charge in [0.05, 0.1) is 11.1 Å². The number of hydroxylamine groups is 1. The molecule has 0 saturated carbocycles. The molecule has 1 aromatic carbocycles. The molecule has 2 N–H and O–H groups in total. The molecule has 0 fully saturated rings. The van der Waals surface area contributed by atoms with E-state index in [1.807, 2.05) is 0 Å². The van der Waals surface area contributed by atoms with E-state index in [0.29, 0.717) is 12.1 Å². The Hall–Kier alpha value is -2.87. The molecule has 0 radical (unpaired) electrons. The summed E-state index contributed by atoms with van der Waals surface area (Å²) in [6.07, 6.45) is -8.84. The molecular formula is C19H18F6N2O5S. The van der Waals surface area contributed by atoms with E-state index in [-0.39, 0.29) is 18.2 Å². The van der Waals surface area contributed by atoms with Crippen molar-refractivity contribution in [1.82, 2.24) is 10.0 Å². The van der Waals surface area contributed by atoms with Crippen LogP contribution in [0.3, 0.4) is 0 Å². The number of nitrogens with zero attached hydrogens (tertiary/aromatic N) is 1. The largest absolute Gasteiger partial charge is 0.417 e. The Labute approximate surface area is 183 Å². The Morgan fingerprint density at radius 2 is 1.67 bits per heavy atom. The van der Waals surface area contributed by atoms with Crippen LogP contribution in [0.15, 0.2) is 41.3 Å². The fourth-order valence-corrected chi connectivity index (χ4v) is 3.83. The van der Waals surface area contributed by atoms with E-state index in [9.17, 15) is 44.3 Å². The maximum Gasteiger partial charge on any atom is 0.417 e.